The molecular formula is C13H21ClO3. The Kier molecular flexibility index (Phi) is 4.87. The van der Waals surface area contributed by atoms with E-state index in [1.54, 1.807) is 0 Å². The third-order valence-electron chi connectivity index (χ3n) is 3.42. The van der Waals surface area contributed by atoms with Gasteiger partial charge in [-0.15, -0.1) is 0 Å². The molecule has 0 saturated heterocycles. The topological polar surface area (TPSA) is 46.5 Å². The molecule has 17 heavy (non-hydrogen) atoms. The van der Waals surface area contributed by atoms with Crippen LogP contribution in [-0.4, -0.2) is 17.4 Å². The zero-order valence-corrected chi connectivity index (χ0v) is 11.5. The average molecular weight is 261 g/mol. The maximum Gasteiger partial charge on any atom is 0.506 e. The summed E-state index contributed by atoms with van der Waals surface area (Å²) in [7, 11) is 0. The predicted molar refractivity (Wildman–Crippen MR) is 68.2 cm³/mol. The minimum absolute atomic E-state index is 0.118. The highest BCUT2D eigenvalue weighted by Crippen LogP contribution is 2.55. The zero-order chi connectivity index (χ0) is 13.1. The van der Waals surface area contributed by atoms with Gasteiger partial charge in [0.1, 0.15) is 6.10 Å². The first-order chi connectivity index (χ1) is 7.89. The molecule has 0 heterocycles. The summed E-state index contributed by atoms with van der Waals surface area (Å²) in [5, 5.41) is 9.43. The van der Waals surface area contributed by atoms with Gasteiger partial charge in [0, 0.05) is 16.4 Å². The van der Waals surface area contributed by atoms with Gasteiger partial charge in [-0.1, -0.05) is 51.3 Å². The summed E-state index contributed by atoms with van der Waals surface area (Å²) in [4.78, 5) is 10.5. The number of allylic oxidation sites excluding steroid dienone is 1. The van der Waals surface area contributed by atoms with Crippen LogP contribution < -0.4 is 0 Å². The summed E-state index contributed by atoms with van der Waals surface area (Å²) >= 11 is 6.14. The third-order valence-corrected chi connectivity index (χ3v) is 3.73. The van der Waals surface area contributed by atoms with Crippen LogP contribution in [0.15, 0.2) is 11.1 Å². The first-order valence-electron chi connectivity index (χ1n) is 6.15. The van der Waals surface area contributed by atoms with Crippen molar-refractivity contribution in [1.29, 1.82) is 0 Å². The van der Waals surface area contributed by atoms with E-state index < -0.39 is 6.16 Å². The quantitative estimate of drug-likeness (QED) is 0.568. The molecule has 1 aliphatic carbocycles. The first-order valence-corrected chi connectivity index (χ1v) is 6.53. The molecule has 0 amide bonds. The van der Waals surface area contributed by atoms with E-state index in [4.69, 9.17) is 21.4 Å². The minimum Gasteiger partial charge on any atom is -0.450 e. The van der Waals surface area contributed by atoms with E-state index in [1.807, 2.05) is 19.9 Å². The molecule has 0 bridgehead atoms. The van der Waals surface area contributed by atoms with Crippen molar-refractivity contribution in [2.75, 3.05) is 0 Å². The van der Waals surface area contributed by atoms with Crippen molar-refractivity contribution < 1.29 is 14.6 Å². The Labute approximate surface area is 108 Å². The van der Waals surface area contributed by atoms with E-state index in [1.165, 1.54) is 12.8 Å². The van der Waals surface area contributed by atoms with Crippen molar-refractivity contribution in [2.45, 2.75) is 52.6 Å². The van der Waals surface area contributed by atoms with Crippen molar-refractivity contribution in [2.24, 2.45) is 11.3 Å². The fourth-order valence-electron chi connectivity index (χ4n) is 2.09. The number of rotatable bonds is 6. The molecule has 1 fully saturated rings. The van der Waals surface area contributed by atoms with Gasteiger partial charge >= 0.3 is 6.16 Å². The molecule has 0 radical (unpaired) electrons. The predicted octanol–water partition coefficient (Wildman–Crippen LogP) is 4.41. The highest BCUT2D eigenvalue weighted by Gasteiger charge is 2.59. The van der Waals surface area contributed by atoms with E-state index in [0.717, 1.165) is 17.9 Å². The number of halogens is 1. The molecule has 0 aromatic heterocycles. The fraction of sp³-hybridized carbons (Fsp3) is 0.769. The Bertz CT molecular complexity index is 310. The molecule has 1 saturated carbocycles. The van der Waals surface area contributed by atoms with Crippen LogP contribution >= 0.6 is 11.6 Å². The van der Waals surface area contributed by atoms with Crippen molar-refractivity contribution in [3.8, 4) is 0 Å². The molecule has 1 rings (SSSR count). The molecule has 1 aliphatic rings. The summed E-state index contributed by atoms with van der Waals surface area (Å²) in [6.07, 6.45) is 4.81. The lowest BCUT2D eigenvalue weighted by Gasteiger charge is -1.99. The standard InChI is InChI=1S/C13H21ClO3/c1-4-5-6-7-9(14)8-10-11(13(10,2)3)17-12(15)16/h8,10-11H,4-7H2,1-3H3,(H,15,16). The van der Waals surface area contributed by atoms with Crippen LogP contribution in [0.3, 0.4) is 0 Å². The van der Waals surface area contributed by atoms with E-state index in [0.29, 0.717) is 0 Å². The van der Waals surface area contributed by atoms with Gasteiger partial charge in [0.25, 0.3) is 0 Å². The van der Waals surface area contributed by atoms with Gasteiger partial charge in [-0.2, -0.15) is 0 Å². The normalized spacial score (nSPS) is 26.7. The van der Waals surface area contributed by atoms with Crippen LogP contribution in [0, 0.1) is 11.3 Å². The Hall–Kier alpha value is -0.700. The SMILES string of the molecule is CCCCCC(Cl)=CC1C(OC(=O)O)C1(C)C. The van der Waals surface area contributed by atoms with Crippen LogP contribution in [0.1, 0.15) is 46.5 Å². The van der Waals surface area contributed by atoms with E-state index in [9.17, 15) is 4.79 Å². The van der Waals surface area contributed by atoms with Crippen molar-refractivity contribution in [3.63, 3.8) is 0 Å². The summed E-state index contributed by atoms with van der Waals surface area (Å²) in [6, 6.07) is 0. The van der Waals surface area contributed by atoms with Crippen molar-refractivity contribution in [1.82, 2.24) is 0 Å². The second-order valence-corrected chi connectivity index (χ2v) is 5.71. The monoisotopic (exact) mass is 260 g/mol. The van der Waals surface area contributed by atoms with Gasteiger partial charge in [-0.3, -0.25) is 0 Å². The number of carboxylic acid groups (broad SMARTS) is 1. The Morgan fingerprint density at radius 1 is 1.47 bits per heavy atom. The molecule has 98 valence electrons. The van der Waals surface area contributed by atoms with Gasteiger partial charge < -0.3 is 9.84 Å². The number of unbranched alkanes of at least 4 members (excludes halogenated alkanes) is 2. The Morgan fingerprint density at radius 3 is 2.65 bits per heavy atom. The molecule has 1 N–H and O–H groups in total. The number of hydrogen-bond donors (Lipinski definition) is 1. The first kappa shape index (κ1) is 14.4. The second kappa shape index (κ2) is 5.76. The fourth-order valence-corrected chi connectivity index (χ4v) is 2.36. The average Bonchev–Trinajstić information content (AvgIpc) is 2.69. The highest BCUT2D eigenvalue weighted by atomic mass is 35.5. The van der Waals surface area contributed by atoms with E-state index >= 15 is 0 Å². The molecule has 0 aromatic rings. The maximum atomic E-state index is 10.5. The lowest BCUT2D eigenvalue weighted by atomic mass is 10.1. The molecule has 0 spiro atoms. The highest BCUT2D eigenvalue weighted by molar-refractivity contribution is 6.29. The molecular weight excluding hydrogens is 240 g/mol. The summed E-state index contributed by atoms with van der Waals surface area (Å²) in [6.45, 7) is 6.15. The molecule has 0 aromatic carbocycles. The van der Waals surface area contributed by atoms with Crippen molar-refractivity contribution in [3.05, 3.63) is 11.1 Å². The maximum absolute atomic E-state index is 10.5. The van der Waals surface area contributed by atoms with Crippen LogP contribution in [0.5, 0.6) is 0 Å². The van der Waals surface area contributed by atoms with Gasteiger partial charge in [0.2, 0.25) is 0 Å². The lowest BCUT2D eigenvalue weighted by Crippen LogP contribution is -2.07. The molecule has 0 aliphatic heterocycles. The van der Waals surface area contributed by atoms with Gasteiger partial charge in [0.05, 0.1) is 0 Å². The lowest BCUT2D eigenvalue weighted by molar-refractivity contribution is 0.0732. The van der Waals surface area contributed by atoms with Crippen LogP contribution in [0.4, 0.5) is 4.79 Å². The number of hydrogen-bond acceptors (Lipinski definition) is 2. The molecule has 3 nitrogen and oxygen atoms in total. The zero-order valence-electron chi connectivity index (χ0n) is 10.7. The van der Waals surface area contributed by atoms with E-state index in [2.05, 4.69) is 6.92 Å². The largest absolute Gasteiger partial charge is 0.506 e. The van der Waals surface area contributed by atoms with Crippen LogP contribution in [-0.2, 0) is 4.74 Å². The molecule has 2 unspecified atom stereocenters. The summed E-state index contributed by atoms with van der Waals surface area (Å²) in [5.74, 6) is 0.118. The Balaban J connectivity index is 2.45. The van der Waals surface area contributed by atoms with E-state index in [-0.39, 0.29) is 17.4 Å². The second-order valence-electron chi connectivity index (χ2n) is 5.22. The smallest absolute Gasteiger partial charge is 0.450 e. The van der Waals surface area contributed by atoms with Gasteiger partial charge in [-0.05, 0) is 12.8 Å². The Morgan fingerprint density at radius 2 is 2.12 bits per heavy atom. The molecule has 2 atom stereocenters. The minimum atomic E-state index is -1.21. The number of carbonyl (C=O) groups is 1. The van der Waals surface area contributed by atoms with Gasteiger partial charge in [0.15, 0.2) is 0 Å². The van der Waals surface area contributed by atoms with Crippen LogP contribution in [0.2, 0.25) is 0 Å². The summed E-state index contributed by atoms with van der Waals surface area (Å²) in [5.41, 5.74) is -0.122. The van der Waals surface area contributed by atoms with Gasteiger partial charge in [-0.25, -0.2) is 4.79 Å². The van der Waals surface area contributed by atoms with Crippen LogP contribution in [0.25, 0.3) is 0 Å². The third kappa shape index (κ3) is 3.91. The molecule has 4 heteroatoms. The summed E-state index contributed by atoms with van der Waals surface area (Å²) < 4.78 is 4.83. The van der Waals surface area contributed by atoms with Crippen molar-refractivity contribution >= 4 is 17.8 Å². The number of ether oxygens (including phenoxy) is 1.